The highest BCUT2D eigenvalue weighted by molar-refractivity contribution is 9.10. The third kappa shape index (κ3) is 4.08. The number of rotatable bonds is 5. The first-order chi connectivity index (χ1) is 9.60. The van der Waals surface area contributed by atoms with Gasteiger partial charge in [0.2, 0.25) is 0 Å². The van der Waals surface area contributed by atoms with E-state index in [2.05, 4.69) is 34.1 Å². The summed E-state index contributed by atoms with van der Waals surface area (Å²) in [7, 11) is 0. The zero-order chi connectivity index (χ0) is 14.5. The van der Waals surface area contributed by atoms with Crippen LogP contribution < -0.4 is 0 Å². The predicted octanol–water partition coefficient (Wildman–Crippen LogP) is 4.80. The molecule has 0 radical (unpaired) electrons. The maximum absolute atomic E-state index is 9.63. The summed E-state index contributed by atoms with van der Waals surface area (Å²) in [6.45, 7) is 2.19. The Morgan fingerprint density at radius 3 is 2.45 bits per heavy atom. The highest BCUT2D eigenvalue weighted by atomic mass is 79.9. The van der Waals surface area contributed by atoms with E-state index in [-0.39, 0.29) is 12.5 Å². The number of aliphatic hydroxyl groups is 1. The fourth-order valence-electron chi connectivity index (χ4n) is 2.31. The minimum atomic E-state index is 0.158. The normalized spacial score (nSPS) is 12.4. The molecule has 1 unspecified atom stereocenters. The molecule has 0 heterocycles. The van der Waals surface area contributed by atoms with Crippen LogP contribution in [0, 0.1) is 12.8 Å². The van der Waals surface area contributed by atoms with E-state index in [9.17, 15) is 5.11 Å². The molecule has 0 saturated heterocycles. The van der Waals surface area contributed by atoms with Crippen LogP contribution in [0.25, 0.3) is 0 Å². The van der Waals surface area contributed by atoms with E-state index in [1.165, 1.54) is 5.56 Å². The molecule has 1 atom stereocenters. The van der Waals surface area contributed by atoms with E-state index < -0.39 is 0 Å². The molecule has 0 bridgehead atoms. The third-order valence-corrected chi connectivity index (χ3v) is 4.57. The van der Waals surface area contributed by atoms with Crippen molar-refractivity contribution in [2.75, 3.05) is 6.61 Å². The molecule has 0 aliphatic heterocycles. The second kappa shape index (κ2) is 7.26. The summed E-state index contributed by atoms with van der Waals surface area (Å²) in [6, 6.07) is 14.2. The lowest BCUT2D eigenvalue weighted by atomic mass is 9.93. The molecule has 1 nitrogen and oxygen atoms in total. The number of hydrogen-bond acceptors (Lipinski definition) is 1. The Labute approximate surface area is 133 Å². The smallest absolute Gasteiger partial charge is 0.0465 e. The van der Waals surface area contributed by atoms with Gasteiger partial charge in [0.05, 0.1) is 0 Å². The van der Waals surface area contributed by atoms with Crippen LogP contribution in [0.3, 0.4) is 0 Å². The summed E-state index contributed by atoms with van der Waals surface area (Å²) in [5, 5.41) is 10.4. The van der Waals surface area contributed by atoms with Crippen molar-refractivity contribution in [3.8, 4) is 0 Å². The first-order valence-corrected chi connectivity index (χ1v) is 7.86. The first-order valence-electron chi connectivity index (χ1n) is 6.69. The predicted molar refractivity (Wildman–Crippen MR) is 88.3 cm³/mol. The Morgan fingerprint density at radius 1 is 1.10 bits per heavy atom. The molecule has 106 valence electrons. The highest BCUT2D eigenvalue weighted by Gasteiger charge is 2.13. The monoisotopic (exact) mass is 352 g/mol. The molecule has 0 spiro atoms. The second-order valence-electron chi connectivity index (χ2n) is 5.14. The van der Waals surface area contributed by atoms with E-state index in [0.29, 0.717) is 0 Å². The third-order valence-electron chi connectivity index (χ3n) is 3.44. The molecule has 0 aliphatic rings. The van der Waals surface area contributed by atoms with Gasteiger partial charge in [-0.05, 0) is 54.5 Å². The van der Waals surface area contributed by atoms with Crippen LogP contribution in [-0.4, -0.2) is 11.7 Å². The zero-order valence-corrected chi connectivity index (χ0v) is 13.8. The number of aliphatic hydroxyl groups excluding tert-OH is 1. The molecule has 0 amide bonds. The summed E-state index contributed by atoms with van der Waals surface area (Å²) in [4.78, 5) is 0. The van der Waals surface area contributed by atoms with Crippen molar-refractivity contribution in [2.45, 2.75) is 19.8 Å². The molecule has 20 heavy (non-hydrogen) atoms. The summed E-state index contributed by atoms with van der Waals surface area (Å²) in [5.74, 6) is 0.175. The fraction of sp³-hybridized carbons (Fsp3) is 0.294. The van der Waals surface area contributed by atoms with Crippen LogP contribution in [0.15, 0.2) is 46.9 Å². The Morgan fingerprint density at radius 2 is 1.80 bits per heavy atom. The van der Waals surface area contributed by atoms with E-state index in [1.54, 1.807) is 0 Å². The summed E-state index contributed by atoms with van der Waals surface area (Å²) < 4.78 is 1.09. The Kier molecular flexibility index (Phi) is 5.64. The number of halogens is 2. The summed E-state index contributed by atoms with van der Waals surface area (Å²) in [5.41, 5.74) is 3.48. The van der Waals surface area contributed by atoms with Crippen molar-refractivity contribution in [1.82, 2.24) is 0 Å². The lowest BCUT2D eigenvalue weighted by Crippen LogP contribution is -2.13. The average molecular weight is 354 g/mol. The van der Waals surface area contributed by atoms with E-state index in [4.69, 9.17) is 11.6 Å². The molecule has 3 heteroatoms. The first kappa shape index (κ1) is 15.6. The second-order valence-corrected chi connectivity index (χ2v) is 6.40. The molecule has 2 aromatic carbocycles. The summed E-state index contributed by atoms with van der Waals surface area (Å²) >= 11 is 9.83. The minimum absolute atomic E-state index is 0.158. The van der Waals surface area contributed by atoms with Crippen molar-refractivity contribution in [2.24, 2.45) is 5.92 Å². The van der Waals surface area contributed by atoms with Gasteiger partial charge in [-0.1, -0.05) is 57.9 Å². The van der Waals surface area contributed by atoms with Crippen LogP contribution in [-0.2, 0) is 12.8 Å². The number of aryl methyl sites for hydroxylation is 1. The molecule has 2 aromatic rings. The number of benzene rings is 2. The standard InChI is InChI=1S/C17H18BrClO/c1-12-6-7-15(17(19)8-12)10-13(11-20)9-14-4-2-3-5-16(14)18/h2-8,13,20H,9-11H2,1H3. The lowest BCUT2D eigenvalue weighted by molar-refractivity contribution is 0.225. The molecule has 0 saturated carbocycles. The highest BCUT2D eigenvalue weighted by Crippen LogP contribution is 2.25. The van der Waals surface area contributed by atoms with Crippen molar-refractivity contribution >= 4 is 27.5 Å². The van der Waals surface area contributed by atoms with Gasteiger partial charge in [0, 0.05) is 16.1 Å². The zero-order valence-electron chi connectivity index (χ0n) is 11.4. The van der Waals surface area contributed by atoms with Gasteiger partial charge in [0.1, 0.15) is 0 Å². The fourth-order valence-corrected chi connectivity index (χ4v) is 3.06. The molecule has 0 aromatic heterocycles. The molecule has 0 fully saturated rings. The largest absolute Gasteiger partial charge is 0.396 e. The Hall–Kier alpha value is -0.830. The van der Waals surface area contributed by atoms with Crippen LogP contribution >= 0.6 is 27.5 Å². The van der Waals surface area contributed by atoms with Crippen LogP contribution in [0.2, 0.25) is 5.02 Å². The van der Waals surface area contributed by atoms with Gasteiger partial charge in [-0.15, -0.1) is 0 Å². The maximum Gasteiger partial charge on any atom is 0.0465 e. The quantitative estimate of drug-likeness (QED) is 0.818. The maximum atomic E-state index is 9.63. The van der Waals surface area contributed by atoms with Crippen molar-refractivity contribution in [3.63, 3.8) is 0 Å². The van der Waals surface area contributed by atoms with Gasteiger partial charge >= 0.3 is 0 Å². The molecule has 2 rings (SSSR count). The van der Waals surface area contributed by atoms with Gasteiger partial charge in [0.15, 0.2) is 0 Å². The molecule has 0 aliphatic carbocycles. The van der Waals surface area contributed by atoms with E-state index in [1.807, 2.05) is 31.2 Å². The van der Waals surface area contributed by atoms with Crippen LogP contribution in [0.4, 0.5) is 0 Å². The van der Waals surface area contributed by atoms with E-state index in [0.717, 1.165) is 33.5 Å². The molecular formula is C17H18BrClO. The Balaban J connectivity index is 2.11. The topological polar surface area (TPSA) is 20.2 Å². The molecule has 1 N–H and O–H groups in total. The van der Waals surface area contributed by atoms with E-state index >= 15 is 0 Å². The van der Waals surface area contributed by atoms with Gasteiger partial charge < -0.3 is 5.11 Å². The van der Waals surface area contributed by atoms with Gasteiger partial charge in [-0.25, -0.2) is 0 Å². The Bertz CT molecular complexity index is 583. The van der Waals surface area contributed by atoms with Crippen molar-refractivity contribution < 1.29 is 5.11 Å². The minimum Gasteiger partial charge on any atom is -0.396 e. The van der Waals surface area contributed by atoms with Gasteiger partial charge in [-0.2, -0.15) is 0 Å². The molecular weight excluding hydrogens is 336 g/mol. The summed E-state index contributed by atoms with van der Waals surface area (Å²) in [6.07, 6.45) is 1.62. The van der Waals surface area contributed by atoms with Crippen molar-refractivity contribution in [1.29, 1.82) is 0 Å². The van der Waals surface area contributed by atoms with Crippen LogP contribution in [0.5, 0.6) is 0 Å². The van der Waals surface area contributed by atoms with Crippen molar-refractivity contribution in [3.05, 3.63) is 68.7 Å². The SMILES string of the molecule is Cc1ccc(CC(CO)Cc2ccccc2Br)c(Cl)c1. The average Bonchev–Trinajstić information content (AvgIpc) is 2.43. The van der Waals surface area contributed by atoms with Crippen LogP contribution in [0.1, 0.15) is 16.7 Å². The lowest BCUT2D eigenvalue weighted by Gasteiger charge is -2.16. The number of hydrogen-bond donors (Lipinski definition) is 1. The van der Waals surface area contributed by atoms with Gasteiger partial charge in [-0.3, -0.25) is 0 Å². The van der Waals surface area contributed by atoms with Gasteiger partial charge in [0.25, 0.3) is 0 Å².